The first-order valence-corrected chi connectivity index (χ1v) is 9.26. The average Bonchev–Trinajstić information content (AvgIpc) is 2.16. The fourth-order valence-corrected chi connectivity index (χ4v) is 2.89. The molecule has 0 aliphatic heterocycles. The van der Waals surface area contributed by atoms with Crippen LogP contribution in [0.25, 0.3) is 0 Å². The molecule has 0 aliphatic carbocycles. The van der Waals surface area contributed by atoms with Gasteiger partial charge in [-0.15, -0.1) is 6.58 Å². The highest BCUT2D eigenvalue weighted by Gasteiger charge is 2.22. The highest BCUT2D eigenvalue weighted by Crippen LogP contribution is 2.30. The van der Waals surface area contributed by atoms with Crippen molar-refractivity contribution in [2.45, 2.75) is 32.2 Å². The van der Waals surface area contributed by atoms with Gasteiger partial charge in [0.2, 0.25) is 0 Å². The van der Waals surface area contributed by atoms with Crippen LogP contribution in [-0.4, -0.2) is 8.32 Å². The molecule has 0 aliphatic rings. The molecule has 3 heteroatoms. The van der Waals surface area contributed by atoms with Gasteiger partial charge in [0.1, 0.15) is 0 Å². The molecular formula is C13H19ClOSi. The minimum Gasteiger partial charge on any atom is -0.410 e. The monoisotopic (exact) mass is 254 g/mol. The second-order valence-electron chi connectivity index (χ2n) is 4.76. The Balaban J connectivity index is 2.94. The Morgan fingerprint density at radius 3 is 2.50 bits per heavy atom. The van der Waals surface area contributed by atoms with Crippen LogP contribution in [0.1, 0.15) is 18.1 Å². The molecule has 16 heavy (non-hydrogen) atoms. The van der Waals surface area contributed by atoms with Crippen LogP contribution in [0.3, 0.4) is 0 Å². The van der Waals surface area contributed by atoms with E-state index in [-0.39, 0.29) is 6.10 Å². The van der Waals surface area contributed by atoms with Gasteiger partial charge < -0.3 is 4.43 Å². The van der Waals surface area contributed by atoms with Gasteiger partial charge in [-0.2, -0.15) is 0 Å². The van der Waals surface area contributed by atoms with Gasteiger partial charge in [0.05, 0.1) is 6.10 Å². The fourth-order valence-electron chi connectivity index (χ4n) is 1.55. The largest absolute Gasteiger partial charge is 0.410 e. The first kappa shape index (κ1) is 13.5. The van der Waals surface area contributed by atoms with Gasteiger partial charge in [-0.05, 0) is 37.7 Å². The summed E-state index contributed by atoms with van der Waals surface area (Å²) in [5, 5.41) is 0.771. The van der Waals surface area contributed by atoms with E-state index in [1.54, 1.807) is 0 Å². The van der Waals surface area contributed by atoms with E-state index in [9.17, 15) is 0 Å². The molecule has 0 radical (unpaired) electrons. The smallest absolute Gasteiger partial charge is 0.184 e. The second kappa shape index (κ2) is 5.67. The molecule has 0 saturated carbocycles. The second-order valence-corrected chi connectivity index (χ2v) is 9.63. The van der Waals surface area contributed by atoms with Crippen LogP contribution in [0.2, 0.25) is 24.7 Å². The minimum atomic E-state index is -1.57. The van der Waals surface area contributed by atoms with Crippen LogP contribution in [-0.2, 0) is 4.43 Å². The number of hydrogen-bond donors (Lipinski definition) is 0. The summed E-state index contributed by atoms with van der Waals surface area (Å²) in [6, 6.07) is 7.85. The molecule has 1 rings (SSSR count). The molecule has 0 bridgehead atoms. The first-order chi connectivity index (χ1) is 7.44. The van der Waals surface area contributed by atoms with Crippen LogP contribution in [0.5, 0.6) is 0 Å². The van der Waals surface area contributed by atoms with E-state index in [4.69, 9.17) is 16.0 Å². The molecule has 1 atom stereocenters. The molecule has 0 N–H and O–H groups in total. The lowest BCUT2D eigenvalue weighted by Crippen LogP contribution is -2.28. The van der Waals surface area contributed by atoms with E-state index in [2.05, 4.69) is 26.2 Å². The zero-order valence-corrected chi connectivity index (χ0v) is 11.9. The maximum Gasteiger partial charge on any atom is 0.184 e. The van der Waals surface area contributed by atoms with Crippen molar-refractivity contribution in [1.29, 1.82) is 0 Å². The Hall–Kier alpha value is -0.573. The van der Waals surface area contributed by atoms with E-state index >= 15 is 0 Å². The van der Waals surface area contributed by atoms with Gasteiger partial charge >= 0.3 is 0 Å². The molecular weight excluding hydrogens is 236 g/mol. The Morgan fingerprint density at radius 1 is 1.38 bits per heavy atom. The predicted molar refractivity (Wildman–Crippen MR) is 73.4 cm³/mol. The van der Waals surface area contributed by atoms with Crippen LogP contribution < -0.4 is 0 Å². The van der Waals surface area contributed by atoms with Gasteiger partial charge in [-0.25, -0.2) is 0 Å². The maximum absolute atomic E-state index is 6.18. The third kappa shape index (κ3) is 4.12. The van der Waals surface area contributed by atoms with Gasteiger partial charge in [0.15, 0.2) is 8.32 Å². The molecule has 1 unspecified atom stereocenters. The summed E-state index contributed by atoms with van der Waals surface area (Å²) in [6.07, 6.45) is 2.72. The minimum absolute atomic E-state index is 0.0397. The van der Waals surface area contributed by atoms with Crippen molar-refractivity contribution in [2.75, 3.05) is 0 Å². The van der Waals surface area contributed by atoms with Gasteiger partial charge in [-0.1, -0.05) is 35.9 Å². The van der Waals surface area contributed by atoms with Crippen molar-refractivity contribution in [3.63, 3.8) is 0 Å². The highest BCUT2D eigenvalue weighted by atomic mass is 35.5. The molecule has 0 saturated heterocycles. The topological polar surface area (TPSA) is 9.23 Å². The number of rotatable bonds is 5. The van der Waals surface area contributed by atoms with Crippen LogP contribution in [0, 0.1) is 0 Å². The summed E-state index contributed by atoms with van der Waals surface area (Å²) in [5.41, 5.74) is 1.06. The van der Waals surface area contributed by atoms with Gasteiger partial charge in [0, 0.05) is 5.02 Å². The Labute approximate surface area is 104 Å². The molecule has 0 amide bonds. The lowest BCUT2D eigenvalue weighted by molar-refractivity contribution is 0.201. The predicted octanol–water partition coefficient (Wildman–Crippen LogP) is 4.81. The molecule has 88 valence electrons. The number of hydrogen-bond acceptors (Lipinski definition) is 1. The van der Waals surface area contributed by atoms with E-state index < -0.39 is 8.32 Å². The van der Waals surface area contributed by atoms with Crippen LogP contribution in [0.15, 0.2) is 36.9 Å². The van der Waals surface area contributed by atoms with Crippen molar-refractivity contribution < 1.29 is 4.43 Å². The van der Waals surface area contributed by atoms with E-state index in [0.29, 0.717) is 0 Å². The van der Waals surface area contributed by atoms with Crippen molar-refractivity contribution in [3.05, 3.63) is 47.5 Å². The lowest BCUT2D eigenvalue weighted by atomic mass is 10.1. The summed E-state index contributed by atoms with van der Waals surface area (Å²) >= 11 is 6.18. The third-order valence-electron chi connectivity index (χ3n) is 2.13. The normalized spacial score (nSPS) is 13.5. The van der Waals surface area contributed by atoms with E-state index in [1.807, 2.05) is 30.3 Å². The maximum atomic E-state index is 6.18. The third-order valence-corrected chi connectivity index (χ3v) is 3.46. The van der Waals surface area contributed by atoms with Crippen molar-refractivity contribution >= 4 is 19.9 Å². The summed E-state index contributed by atoms with van der Waals surface area (Å²) in [4.78, 5) is 0. The standard InChI is InChI=1S/C13H19ClOSi/c1-5-8-13(15-16(2,3)4)11-9-6-7-10-12(11)14/h5-7,9-10,13H,1,8H2,2-4H3. The average molecular weight is 255 g/mol. The molecule has 0 aromatic heterocycles. The first-order valence-electron chi connectivity index (χ1n) is 5.47. The van der Waals surface area contributed by atoms with E-state index in [1.165, 1.54) is 0 Å². The molecule has 1 aromatic carbocycles. The molecule has 0 fully saturated rings. The van der Waals surface area contributed by atoms with Gasteiger partial charge in [0.25, 0.3) is 0 Å². The Morgan fingerprint density at radius 2 is 2.00 bits per heavy atom. The zero-order valence-electron chi connectivity index (χ0n) is 10.2. The SMILES string of the molecule is C=CCC(O[Si](C)(C)C)c1ccccc1Cl. The van der Waals surface area contributed by atoms with Crippen molar-refractivity contribution in [2.24, 2.45) is 0 Å². The highest BCUT2D eigenvalue weighted by molar-refractivity contribution is 6.69. The van der Waals surface area contributed by atoms with Gasteiger partial charge in [-0.3, -0.25) is 0 Å². The summed E-state index contributed by atoms with van der Waals surface area (Å²) in [6.45, 7) is 10.3. The Kier molecular flexibility index (Phi) is 4.78. The zero-order chi connectivity index (χ0) is 12.2. The van der Waals surface area contributed by atoms with Crippen LogP contribution in [0.4, 0.5) is 0 Å². The molecule has 1 aromatic rings. The summed E-state index contributed by atoms with van der Waals surface area (Å²) in [5.74, 6) is 0. The molecule has 0 heterocycles. The molecule has 1 nitrogen and oxygen atoms in total. The Bertz CT molecular complexity index is 357. The van der Waals surface area contributed by atoms with Crippen molar-refractivity contribution in [3.8, 4) is 0 Å². The summed E-state index contributed by atoms with van der Waals surface area (Å²) < 4.78 is 6.13. The quantitative estimate of drug-likeness (QED) is 0.541. The van der Waals surface area contributed by atoms with Crippen molar-refractivity contribution in [1.82, 2.24) is 0 Å². The number of halogens is 1. The number of benzene rings is 1. The lowest BCUT2D eigenvalue weighted by Gasteiger charge is -2.26. The summed E-state index contributed by atoms with van der Waals surface area (Å²) in [7, 11) is -1.57. The van der Waals surface area contributed by atoms with Crippen LogP contribution >= 0.6 is 11.6 Å². The van der Waals surface area contributed by atoms with E-state index in [0.717, 1.165) is 17.0 Å². The molecule has 0 spiro atoms. The fraction of sp³-hybridized carbons (Fsp3) is 0.385.